The maximum atomic E-state index is 5.29. The summed E-state index contributed by atoms with van der Waals surface area (Å²) in [4.78, 5) is 4.57. The molecular formula is C14H18N2OS. The van der Waals surface area contributed by atoms with Crippen LogP contribution in [0, 0.1) is 0 Å². The van der Waals surface area contributed by atoms with E-state index in [0.717, 1.165) is 41.7 Å². The summed E-state index contributed by atoms with van der Waals surface area (Å²) in [5.41, 5.74) is 1.10. The zero-order valence-corrected chi connectivity index (χ0v) is 11.4. The summed E-state index contributed by atoms with van der Waals surface area (Å²) in [5.74, 6) is 3.78. The summed E-state index contributed by atoms with van der Waals surface area (Å²) in [6.07, 6.45) is 2.82. The lowest BCUT2D eigenvalue weighted by molar-refractivity contribution is 0.530. The van der Waals surface area contributed by atoms with Crippen LogP contribution in [0.25, 0.3) is 0 Å². The van der Waals surface area contributed by atoms with Crippen LogP contribution in [0.15, 0.2) is 41.0 Å². The third-order valence-corrected chi connectivity index (χ3v) is 3.43. The molecule has 0 radical (unpaired) electrons. The predicted octanol–water partition coefficient (Wildman–Crippen LogP) is 3.93. The Morgan fingerprint density at radius 3 is 2.94 bits per heavy atom. The predicted molar refractivity (Wildman–Crippen MR) is 76.7 cm³/mol. The Morgan fingerprint density at radius 2 is 2.17 bits per heavy atom. The molecule has 0 spiro atoms. The van der Waals surface area contributed by atoms with Crippen molar-refractivity contribution >= 4 is 17.6 Å². The first kappa shape index (κ1) is 13.0. The summed E-state index contributed by atoms with van der Waals surface area (Å²) >= 11 is 1.81. The minimum atomic E-state index is 0.890. The molecule has 0 unspecified atom stereocenters. The molecule has 0 bridgehead atoms. The molecule has 96 valence electrons. The highest BCUT2D eigenvalue weighted by atomic mass is 32.2. The number of aromatic nitrogens is 1. The van der Waals surface area contributed by atoms with Crippen LogP contribution in [0.2, 0.25) is 0 Å². The Bertz CT molecular complexity index is 457. The Kier molecular flexibility index (Phi) is 5.15. The van der Waals surface area contributed by atoms with Crippen molar-refractivity contribution in [1.29, 1.82) is 0 Å². The lowest BCUT2D eigenvalue weighted by Gasteiger charge is -2.05. The van der Waals surface area contributed by atoms with Gasteiger partial charge < -0.3 is 9.73 Å². The van der Waals surface area contributed by atoms with E-state index in [2.05, 4.69) is 23.3 Å². The molecule has 2 rings (SSSR count). The first-order chi connectivity index (χ1) is 8.88. The number of furan rings is 1. The zero-order chi connectivity index (χ0) is 12.6. The minimum absolute atomic E-state index is 0.890. The van der Waals surface area contributed by atoms with Gasteiger partial charge in [0.2, 0.25) is 0 Å². The number of nitrogens with one attached hydrogen (secondary N) is 1. The average Bonchev–Trinajstić information content (AvgIpc) is 2.90. The standard InChI is InChI=1S/C14H18N2OS/c1-2-8-15-14-7-3-5-12(16-14)10-18-11-13-6-4-9-17-13/h3-7,9H,2,8,10-11H2,1H3,(H,15,16). The van der Waals surface area contributed by atoms with Gasteiger partial charge in [0.1, 0.15) is 11.6 Å². The number of thioether (sulfide) groups is 1. The van der Waals surface area contributed by atoms with Crippen LogP contribution < -0.4 is 5.32 Å². The van der Waals surface area contributed by atoms with E-state index >= 15 is 0 Å². The molecule has 0 atom stereocenters. The van der Waals surface area contributed by atoms with Crippen molar-refractivity contribution in [3.63, 3.8) is 0 Å². The molecule has 3 nitrogen and oxygen atoms in total. The fraction of sp³-hybridized carbons (Fsp3) is 0.357. The van der Waals surface area contributed by atoms with Crippen LogP contribution >= 0.6 is 11.8 Å². The van der Waals surface area contributed by atoms with Crippen molar-refractivity contribution in [2.75, 3.05) is 11.9 Å². The molecule has 0 aliphatic carbocycles. The first-order valence-electron chi connectivity index (χ1n) is 6.18. The maximum absolute atomic E-state index is 5.29. The molecule has 0 aliphatic rings. The Morgan fingerprint density at radius 1 is 1.22 bits per heavy atom. The van der Waals surface area contributed by atoms with Crippen LogP contribution in [0.5, 0.6) is 0 Å². The smallest absolute Gasteiger partial charge is 0.126 e. The average molecular weight is 262 g/mol. The van der Waals surface area contributed by atoms with Crippen molar-refractivity contribution in [3.8, 4) is 0 Å². The third-order valence-electron chi connectivity index (χ3n) is 2.44. The van der Waals surface area contributed by atoms with Gasteiger partial charge in [0.05, 0.1) is 17.7 Å². The summed E-state index contributed by atoms with van der Waals surface area (Å²) in [6.45, 7) is 3.12. The van der Waals surface area contributed by atoms with Crippen molar-refractivity contribution < 1.29 is 4.42 Å². The summed E-state index contributed by atoms with van der Waals surface area (Å²) in [7, 11) is 0. The Balaban J connectivity index is 1.81. The largest absolute Gasteiger partial charge is 0.468 e. The molecule has 1 N–H and O–H groups in total. The number of nitrogens with zero attached hydrogens (tertiary/aromatic N) is 1. The van der Waals surface area contributed by atoms with Crippen LogP contribution in [-0.4, -0.2) is 11.5 Å². The molecule has 0 fully saturated rings. The summed E-state index contributed by atoms with van der Waals surface area (Å²) in [5, 5.41) is 3.30. The van der Waals surface area contributed by atoms with Gasteiger partial charge in [-0.15, -0.1) is 11.8 Å². The van der Waals surface area contributed by atoms with E-state index in [9.17, 15) is 0 Å². The highest BCUT2D eigenvalue weighted by Gasteiger charge is 2.00. The number of rotatable bonds is 7. The molecular weight excluding hydrogens is 244 g/mol. The summed E-state index contributed by atoms with van der Waals surface area (Å²) < 4.78 is 5.29. The van der Waals surface area contributed by atoms with Crippen molar-refractivity contribution in [2.45, 2.75) is 24.9 Å². The van der Waals surface area contributed by atoms with Gasteiger partial charge >= 0.3 is 0 Å². The second kappa shape index (κ2) is 7.11. The molecule has 18 heavy (non-hydrogen) atoms. The van der Waals surface area contributed by atoms with Crippen molar-refractivity contribution in [1.82, 2.24) is 4.98 Å². The van der Waals surface area contributed by atoms with Crippen molar-refractivity contribution in [3.05, 3.63) is 48.0 Å². The Hall–Kier alpha value is -1.42. The lowest BCUT2D eigenvalue weighted by atomic mass is 10.3. The molecule has 0 aromatic carbocycles. The highest BCUT2D eigenvalue weighted by Crippen LogP contribution is 2.17. The number of anilines is 1. The number of hydrogen-bond acceptors (Lipinski definition) is 4. The lowest BCUT2D eigenvalue weighted by Crippen LogP contribution is -2.02. The van der Waals surface area contributed by atoms with E-state index in [1.54, 1.807) is 6.26 Å². The molecule has 0 amide bonds. The van der Waals surface area contributed by atoms with Crippen LogP contribution in [-0.2, 0) is 11.5 Å². The molecule has 4 heteroatoms. The van der Waals surface area contributed by atoms with Gasteiger partial charge in [0.15, 0.2) is 0 Å². The minimum Gasteiger partial charge on any atom is -0.468 e. The molecule has 2 aromatic rings. The molecule has 2 aromatic heterocycles. The third kappa shape index (κ3) is 4.11. The van der Waals surface area contributed by atoms with E-state index < -0.39 is 0 Å². The monoisotopic (exact) mass is 262 g/mol. The molecule has 0 saturated carbocycles. The Labute approximate surface area is 112 Å². The van der Waals surface area contributed by atoms with E-state index in [0.29, 0.717) is 0 Å². The van der Waals surface area contributed by atoms with Gasteiger partial charge in [0.25, 0.3) is 0 Å². The van der Waals surface area contributed by atoms with E-state index in [4.69, 9.17) is 4.42 Å². The zero-order valence-electron chi connectivity index (χ0n) is 10.6. The van der Waals surface area contributed by atoms with Crippen LogP contribution in [0.3, 0.4) is 0 Å². The second-order valence-corrected chi connectivity index (χ2v) is 5.00. The second-order valence-electron chi connectivity index (χ2n) is 4.01. The van der Waals surface area contributed by atoms with E-state index in [1.807, 2.05) is 36.0 Å². The highest BCUT2D eigenvalue weighted by molar-refractivity contribution is 7.97. The van der Waals surface area contributed by atoms with E-state index in [-0.39, 0.29) is 0 Å². The van der Waals surface area contributed by atoms with Crippen molar-refractivity contribution in [2.24, 2.45) is 0 Å². The number of pyridine rings is 1. The fourth-order valence-corrected chi connectivity index (χ4v) is 2.40. The summed E-state index contributed by atoms with van der Waals surface area (Å²) in [6, 6.07) is 10.0. The van der Waals surface area contributed by atoms with Gasteiger partial charge in [0, 0.05) is 12.3 Å². The van der Waals surface area contributed by atoms with E-state index in [1.165, 1.54) is 0 Å². The number of hydrogen-bond donors (Lipinski definition) is 1. The molecule has 0 aliphatic heterocycles. The van der Waals surface area contributed by atoms with Gasteiger partial charge in [-0.25, -0.2) is 4.98 Å². The first-order valence-corrected chi connectivity index (χ1v) is 7.34. The molecule has 0 saturated heterocycles. The topological polar surface area (TPSA) is 38.1 Å². The fourth-order valence-electron chi connectivity index (χ4n) is 1.56. The maximum Gasteiger partial charge on any atom is 0.126 e. The SMILES string of the molecule is CCCNc1cccc(CSCc2ccco2)n1. The van der Waals surface area contributed by atoms with Crippen LogP contribution in [0.4, 0.5) is 5.82 Å². The van der Waals surface area contributed by atoms with Gasteiger partial charge in [-0.2, -0.15) is 0 Å². The van der Waals surface area contributed by atoms with Gasteiger partial charge in [-0.05, 0) is 30.7 Å². The van der Waals surface area contributed by atoms with Gasteiger partial charge in [-0.1, -0.05) is 13.0 Å². The quantitative estimate of drug-likeness (QED) is 0.820. The molecule has 2 heterocycles. The van der Waals surface area contributed by atoms with Gasteiger partial charge in [-0.3, -0.25) is 0 Å². The van der Waals surface area contributed by atoms with Crippen LogP contribution in [0.1, 0.15) is 24.8 Å². The normalized spacial score (nSPS) is 10.5.